The number of nitrogens with zero attached hydrogens (tertiary/aromatic N) is 2. The van der Waals surface area contributed by atoms with E-state index in [0.717, 1.165) is 13.1 Å². The molecule has 2 rings (SSSR count). The van der Waals surface area contributed by atoms with Crippen LogP contribution in [0.1, 0.15) is 37.1 Å². The first-order valence-corrected chi connectivity index (χ1v) is 7.06. The molecule has 1 aromatic heterocycles. The Labute approximate surface area is 111 Å². The van der Waals surface area contributed by atoms with E-state index in [1.807, 2.05) is 6.20 Å². The lowest BCUT2D eigenvalue weighted by molar-refractivity contribution is 0.266. The molecule has 2 atom stereocenters. The number of hydrogen-bond acceptors (Lipinski definition) is 3. The molecular formula is C15H25N3. The normalized spacial score (nSPS) is 24.6. The fourth-order valence-electron chi connectivity index (χ4n) is 2.83. The number of rotatable bonds is 5. The zero-order chi connectivity index (χ0) is 13.0. The van der Waals surface area contributed by atoms with Crippen molar-refractivity contribution in [2.45, 2.75) is 32.7 Å². The molecular weight excluding hydrogens is 222 g/mol. The van der Waals surface area contributed by atoms with Crippen molar-refractivity contribution in [3.8, 4) is 0 Å². The van der Waals surface area contributed by atoms with Crippen molar-refractivity contribution in [3.05, 3.63) is 29.6 Å². The van der Waals surface area contributed by atoms with Gasteiger partial charge >= 0.3 is 0 Å². The van der Waals surface area contributed by atoms with Crippen molar-refractivity contribution in [2.24, 2.45) is 5.92 Å². The quantitative estimate of drug-likeness (QED) is 0.810. The van der Waals surface area contributed by atoms with Crippen molar-refractivity contribution >= 4 is 0 Å². The molecule has 100 valence electrons. The van der Waals surface area contributed by atoms with Crippen LogP contribution < -0.4 is 5.32 Å². The van der Waals surface area contributed by atoms with Crippen molar-refractivity contribution < 1.29 is 0 Å². The second kappa shape index (κ2) is 6.30. The van der Waals surface area contributed by atoms with E-state index in [2.05, 4.69) is 48.2 Å². The molecule has 0 saturated carbocycles. The molecule has 0 amide bonds. The summed E-state index contributed by atoms with van der Waals surface area (Å²) in [6, 6.07) is 4.84. The van der Waals surface area contributed by atoms with Crippen LogP contribution in [0.25, 0.3) is 0 Å². The molecule has 0 bridgehead atoms. The van der Waals surface area contributed by atoms with Gasteiger partial charge in [0.15, 0.2) is 0 Å². The summed E-state index contributed by atoms with van der Waals surface area (Å²) < 4.78 is 0. The van der Waals surface area contributed by atoms with E-state index in [9.17, 15) is 0 Å². The van der Waals surface area contributed by atoms with Crippen molar-refractivity contribution in [1.82, 2.24) is 15.2 Å². The Kier molecular flexibility index (Phi) is 4.72. The maximum Gasteiger partial charge on any atom is 0.0578 e. The molecule has 0 aromatic carbocycles. The largest absolute Gasteiger partial charge is 0.316 e. The Morgan fingerprint density at radius 3 is 2.94 bits per heavy atom. The van der Waals surface area contributed by atoms with E-state index in [1.165, 1.54) is 30.6 Å². The maximum absolute atomic E-state index is 4.62. The monoisotopic (exact) mass is 247 g/mol. The van der Waals surface area contributed by atoms with Crippen molar-refractivity contribution in [1.29, 1.82) is 0 Å². The van der Waals surface area contributed by atoms with E-state index in [0.29, 0.717) is 12.0 Å². The Balaban J connectivity index is 2.04. The highest BCUT2D eigenvalue weighted by atomic mass is 15.2. The van der Waals surface area contributed by atoms with Crippen LogP contribution in [-0.4, -0.2) is 36.6 Å². The average molecular weight is 247 g/mol. The Hall–Kier alpha value is -0.930. The minimum atomic E-state index is 0.481. The Bertz CT molecular complexity index is 361. The average Bonchev–Trinajstić information content (AvgIpc) is 2.72. The van der Waals surface area contributed by atoms with E-state index in [1.54, 1.807) is 0 Å². The molecule has 18 heavy (non-hydrogen) atoms. The summed E-state index contributed by atoms with van der Waals surface area (Å²) in [5.74, 6) is 0.691. The lowest BCUT2D eigenvalue weighted by Crippen LogP contribution is -2.29. The maximum atomic E-state index is 4.62. The van der Waals surface area contributed by atoms with Crippen LogP contribution in [0.15, 0.2) is 18.3 Å². The van der Waals surface area contributed by atoms with Crippen LogP contribution in [0.3, 0.4) is 0 Å². The fourth-order valence-corrected chi connectivity index (χ4v) is 2.83. The minimum absolute atomic E-state index is 0.481. The first-order chi connectivity index (χ1) is 8.72. The SMILES string of the molecule is CCCNCC1CCN(C)C1c1ccc(C)cn1. The predicted molar refractivity (Wildman–Crippen MR) is 75.6 cm³/mol. The summed E-state index contributed by atoms with van der Waals surface area (Å²) in [7, 11) is 2.21. The van der Waals surface area contributed by atoms with E-state index >= 15 is 0 Å². The van der Waals surface area contributed by atoms with Gasteiger partial charge in [0.1, 0.15) is 0 Å². The number of aromatic nitrogens is 1. The highest BCUT2D eigenvalue weighted by Crippen LogP contribution is 2.34. The van der Waals surface area contributed by atoms with Gasteiger partial charge in [0, 0.05) is 6.20 Å². The van der Waals surface area contributed by atoms with Crippen LogP contribution in [0, 0.1) is 12.8 Å². The zero-order valence-corrected chi connectivity index (χ0v) is 11.8. The number of likely N-dealkylation sites (tertiary alicyclic amines) is 1. The molecule has 0 aliphatic carbocycles. The van der Waals surface area contributed by atoms with Gasteiger partial charge in [0.2, 0.25) is 0 Å². The topological polar surface area (TPSA) is 28.2 Å². The second-order valence-electron chi connectivity index (χ2n) is 5.44. The molecule has 1 saturated heterocycles. The lowest BCUT2D eigenvalue weighted by Gasteiger charge is -2.25. The third-order valence-electron chi connectivity index (χ3n) is 3.84. The van der Waals surface area contributed by atoms with Gasteiger partial charge in [0.25, 0.3) is 0 Å². The van der Waals surface area contributed by atoms with Gasteiger partial charge in [-0.05, 0) is 64.0 Å². The summed E-state index contributed by atoms with van der Waals surface area (Å²) in [6.45, 7) is 7.72. The zero-order valence-electron chi connectivity index (χ0n) is 11.8. The molecule has 1 aliphatic rings. The first kappa shape index (κ1) is 13.5. The summed E-state index contributed by atoms with van der Waals surface area (Å²) in [4.78, 5) is 7.06. The summed E-state index contributed by atoms with van der Waals surface area (Å²) >= 11 is 0. The predicted octanol–water partition coefficient (Wildman–Crippen LogP) is 2.38. The second-order valence-corrected chi connectivity index (χ2v) is 5.44. The van der Waals surface area contributed by atoms with Gasteiger partial charge in [-0.2, -0.15) is 0 Å². The molecule has 1 aliphatic heterocycles. The van der Waals surface area contributed by atoms with Gasteiger partial charge in [-0.25, -0.2) is 0 Å². The van der Waals surface area contributed by atoms with Crippen molar-refractivity contribution in [3.63, 3.8) is 0 Å². The van der Waals surface area contributed by atoms with Crippen molar-refractivity contribution in [2.75, 3.05) is 26.7 Å². The number of pyridine rings is 1. The van der Waals surface area contributed by atoms with Crippen LogP contribution in [0.4, 0.5) is 0 Å². The van der Waals surface area contributed by atoms with E-state index in [4.69, 9.17) is 0 Å². The lowest BCUT2D eigenvalue weighted by atomic mass is 9.97. The van der Waals surface area contributed by atoms with Crippen LogP contribution in [0.2, 0.25) is 0 Å². The van der Waals surface area contributed by atoms with E-state index < -0.39 is 0 Å². The van der Waals surface area contributed by atoms with Gasteiger partial charge in [-0.3, -0.25) is 9.88 Å². The summed E-state index contributed by atoms with van der Waals surface area (Å²) in [6.07, 6.45) is 4.46. The molecule has 3 heteroatoms. The third kappa shape index (κ3) is 3.09. The highest BCUT2D eigenvalue weighted by molar-refractivity contribution is 5.17. The standard InChI is InChI=1S/C15H25N3/c1-4-8-16-11-13-7-9-18(3)15(13)14-6-5-12(2)10-17-14/h5-6,10,13,15-16H,4,7-9,11H2,1-3H3. The molecule has 3 nitrogen and oxygen atoms in total. The Morgan fingerprint density at radius 2 is 2.28 bits per heavy atom. The molecule has 2 heterocycles. The molecule has 1 fully saturated rings. The smallest absolute Gasteiger partial charge is 0.0578 e. The number of aryl methyl sites for hydroxylation is 1. The number of nitrogens with one attached hydrogen (secondary N) is 1. The summed E-state index contributed by atoms with van der Waals surface area (Å²) in [5, 5.41) is 3.55. The van der Waals surface area contributed by atoms with Gasteiger partial charge < -0.3 is 5.32 Å². The fraction of sp³-hybridized carbons (Fsp3) is 0.667. The van der Waals surface area contributed by atoms with Crippen LogP contribution in [-0.2, 0) is 0 Å². The van der Waals surface area contributed by atoms with Gasteiger partial charge in [0.05, 0.1) is 11.7 Å². The highest BCUT2D eigenvalue weighted by Gasteiger charge is 2.33. The third-order valence-corrected chi connectivity index (χ3v) is 3.84. The van der Waals surface area contributed by atoms with Gasteiger partial charge in [-0.15, -0.1) is 0 Å². The first-order valence-electron chi connectivity index (χ1n) is 7.06. The Morgan fingerprint density at radius 1 is 1.44 bits per heavy atom. The molecule has 1 aromatic rings. The number of hydrogen-bond donors (Lipinski definition) is 1. The molecule has 0 radical (unpaired) electrons. The van der Waals surface area contributed by atoms with Crippen LogP contribution in [0.5, 0.6) is 0 Å². The molecule has 0 spiro atoms. The van der Waals surface area contributed by atoms with E-state index in [-0.39, 0.29) is 0 Å². The summed E-state index contributed by atoms with van der Waals surface area (Å²) in [5.41, 5.74) is 2.46. The molecule has 2 unspecified atom stereocenters. The minimum Gasteiger partial charge on any atom is -0.316 e. The molecule has 1 N–H and O–H groups in total. The van der Waals surface area contributed by atoms with Crippen LogP contribution >= 0.6 is 0 Å². The van der Waals surface area contributed by atoms with Gasteiger partial charge in [-0.1, -0.05) is 13.0 Å².